The Morgan fingerprint density at radius 3 is 2.13 bits per heavy atom. The molecule has 0 bridgehead atoms. The van der Waals surface area contributed by atoms with Gasteiger partial charge in [0.1, 0.15) is 0 Å². The zero-order chi connectivity index (χ0) is 21.1. The summed E-state index contributed by atoms with van der Waals surface area (Å²) in [7, 11) is -3.47. The van der Waals surface area contributed by atoms with E-state index < -0.39 is 10.0 Å². The van der Waals surface area contributed by atoms with Gasteiger partial charge in [0.25, 0.3) is 5.91 Å². The van der Waals surface area contributed by atoms with E-state index in [1.165, 1.54) is 42.6 Å². The Labute approximate surface area is 181 Å². The minimum absolute atomic E-state index is 0.0947. The Kier molecular flexibility index (Phi) is 6.80. The van der Waals surface area contributed by atoms with E-state index in [1.54, 1.807) is 16.4 Å². The number of nitrogens with zero attached hydrogens (tertiary/aromatic N) is 2. The lowest BCUT2D eigenvalue weighted by Gasteiger charge is -2.35. The Balaban J connectivity index is 1.35. The summed E-state index contributed by atoms with van der Waals surface area (Å²) < 4.78 is 27.9. The fourth-order valence-corrected chi connectivity index (χ4v) is 6.77. The van der Waals surface area contributed by atoms with E-state index in [-0.39, 0.29) is 11.9 Å². The molecular weight excluding hydrogens is 398 g/mol. The topological polar surface area (TPSA) is 62.1 Å². The van der Waals surface area contributed by atoms with Crippen LogP contribution < -0.4 is 4.90 Å². The van der Waals surface area contributed by atoms with Gasteiger partial charge in [-0.1, -0.05) is 31.4 Å². The number of hydrogen-bond acceptors (Lipinski definition) is 3. The summed E-state index contributed by atoms with van der Waals surface area (Å²) in [5.41, 5.74) is 1.28. The van der Waals surface area contributed by atoms with Crippen LogP contribution in [0.5, 0.6) is 0 Å². The summed E-state index contributed by atoms with van der Waals surface area (Å²) in [6, 6.07) is 7.51. The second-order valence-corrected chi connectivity index (χ2v) is 11.2. The van der Waals surface area contributed by atoms with Gasteiger partial charge < -0.3 is 9.80 Å². The Hall–Kier alpha value is -1.44. The zero-order valence-corrected chi connectivity index (χ0v) is 19.0. The molecule has 166 valence electrons. The van der Waals surface area contributed by atoms with Crippen molar-refractivity contribution in [2.24, 2.45) is 0 Å². The van der Waals surface area contributed by atoms with E-state index in [1.807, 2.05) is 24.0 Å². The van der Waals surface area contributed by atoms with Crippen LogP contribution in [0.2, 0.25) is 0 Å². The monoisotopic (exact) mass is 434 g/mol. The quantitative estimate of drug-likeness (QED) is 0.766. The third-order valence-electron chi connectivity index (χ3n) is 7.36. The van der Waals surface area contributed by atoms with Crippen molar-refractivity contribution in [3.63, 3.8) is 0 Å². The standard InChI is InChI=1S/C23H35N3O3S/c1-19(23(27)25-13-5-6-14-25)24-15-17-26(18-16-24)30(28,29)22-11-9-21(10-12-22)20-7-3-2-4-8-20/h9-12,19-20H,2-8,13-18H2,1H3/p+1/t19-/m0/s1. The van der Waals surface area contributed by atoms with Gasteiger partial charge in [-0.25, -0.2) is 8.42 Å². The maximum atomic E-state index is 13.1. The zero-order valence-electron chi connectivity index (χ0n) is 18.2. The number of hydrogen-bond donors (Lipinski definition) is 1. The van der Waals surface area contributed by atoms with Crippen LogP contribution in [-0.2, 0) is 14.8 Å². The number of carbonyl (C=O) groups is 1. The lowest BCUT2D eigenvalue weighted by Crippen LogP contribution is -3.19. The molecule has 1 saturated carbocycles. The average Bonchev–Trinajstić information content (AvgIpc) is 3.34. The number of rotatable bonds is 5. The second-order valence-electron chi connectivity index (χ2n) is 9.22. The molecule has 7 heteroatoms. The molecule has 1 aliphatic carbocycles. The summed E-state index contributed by atoms with van der Waals surface area (Å²) in [6.45, 7) is 6.03. The third kappa shape index (κ3) is 4.58. The van der Waals surface area contributed by atoms with Gasteiger partial charge >= 0.3 is 0 Å². The van der Waals surface area contributed by atoms with Crippen molar-refractivity contribution in [1.82, 2.24) is 9.21 Å². The number of benzene rings is 1. The van der Waals surface area contributed by atoms with E-state index in [0.717, 1.165) is 25.9 Å². The highest BCUT2D eigenvalue weighted by Gasteiger charge is 2.36. The van der Waals surface area contributed by atoms with Crippen LogP contribution in [-0.4, -0.2) is 68.8 Å². The van der Waals surface area contributed by atoms with Crippen molar-refractivity contribution >= 4 is 15.9 Å². The van der Waals surface area contributed by atoms with E-state index in [4.69, 9.17) is 0 Å². The molecule has 0 aromatic heterocycles. The molecule has 3 aliphatic rings. The van der Waals surface area contributed by atoms with Crippen LogP contribution >= 0.6 is 0 Å². The van der Waals surface area contributed by atoms with E-state index >= 15 is 0 Å². The molecule has 2 saturated heterocycles. The minimum atomic E-state index is -3.47. The predicted octanol–water partition coefficient (Wildman–Crippen LogP) is 1.63. The third-order valence-corrected chi connectivity index (χ3v) is 9.27. The van der Waals surface area contributed by atoms with Gasteiger partial charge in [0.15, 0.2) is 6.04 Å². The van der Waals surface area contributed by atoms with Gasteiger partial charge in [0, 0.05) is 13.1 Å². The summed E-state index contributed by atoms with van der Waals surface area (Å²) >= 11 is 0. The molecule has 1 atom stereocenters. The van der Waals surface area contributed by atoms with Crippen molar-refractivity contribution in [1.29, 1.82) is 0 Å². The van der Waals surface area contributed by atoms with Crippen LogP contribution in [0.15, 0.2) is 29.2 Å². The molecule has 4 rings (SSSR count). The van der Waals surface area contributed by atoms with Crippen molar-refractivity contribution in [3.8, 4) is 0 Å². The molecule has 0 radical (unpaired) electrons. The lowest BCUT2D eigenvalue weighted by molar-refractivity contribution is -0.918. The first-order chi connectivity index (χ1) is 14.5. The molecule has 6 nitrogen and oxygen atoms in total. The number of amides is 1. The van der Waals surface area contributed by atoms with E-state index in [2.05, 4.69) is 0 Å². The van der Waals surface area contributed by atoms with Crippen LogP contribution in [0.3, 0.4) is 0 Å². The maximum absolute atomic E-state index is 13.1. The number of nitrogens with one attached hydrogen (secondary N) is 1. The normalized spacial score (nSPS) is 23.6. The fraction of sp³-hybridized carbons (Fsp3) is 0.696. The van der Waals surface area contributed by atoms with Crippen molar-refractivity contribution < 1.29 is 18.1 Å². The SMILES string of the molecule is C[C@@H](C(=O)N1CCCC1)[NH+]1CCN(S(=O)(=O)c2ccc(C3CCCCC3)cc2)CC1. The van der Waals surface area contributed by atoms with E-state index in [0.29, 0.717) is 37.0 Å². The molecule has 30 heavy (non-hydrogen) atoms. The molecule has 1 aromatic rings. The van der Waals surface area contributed by atoms with E-state index in [9.17, 15) is 13.2 Å². The van der Waals surface area contributed by atoms with Gasteiger partial charge in [-0.15, -0.1) is 0 Å². The van der Waals surface area contributed by atoms with Crippen LogP contribution in [0, 0.1) is 0 Å². The molecule has 0 unspecified atom stereocenters. The van der Waals surface area contributed by atoms with Gasteiger partial charge in [-0.2, -0.15) is 4.31 Å². The number of carbonyl (C=O) groups excluding carboxylic acids is 1. The van der Waals surface area contributed by atoms with Gasteiger partial charge in [-0.3, -0.25) is 4.79 Å². The molecule has 2 heterocycles. The highest BCUT2D eigenvalue weighted by molar-refractivity contribution is 7.89. The number of piperazine rings is 1. The summed E-state index contributed by atoms with van der Waals surface area (Å²) in [5, 5.41) is 0. The van der Waals surface area contributed by atoms with Crippen molar-refractivity contribution in [2.45, 2.75) is 68.7 Å². The molecule has 1 aromatic carbocycles. The van der Waals surface area contributed by atoms with Gasteiger partial charge in [0.05, 0.1) is 31.1 Å². The molecular formula is C23H36N3O3S+. The lowest BCUT2D eigenvalue weighted by atomic mass is 9.84. The molecule has 1 N–H and O–H groups in total. The maximum Gasteiger partial charge on any atom is 0.280 e. The first-order valence-corrected chi connectivity index (χ1v) is 13.1. The molecule has 1 amide bonds. The molecule has 0 spiro atoms. The molecule has 2 aliphatic heterocycles. The number of sulfonamides is 1. The van der Waals surface area contributed by atoms with Crippen molar-refractivity contribution in [2.75, 3.05) is 39.3 Å². The van der Waals surface area contributed by atoms with Crippen molar-refractivity contribution in [3.05, 3.63) is 29.8 Å². The number of quaternary nitrogens is 1. The Morgan fingerprint density at radius 2 is 1.53 bits per heavy atom. The first-order valence-electron chi connectivity index (χ1n) is 11.7. The Bertz CT molecular complexity index is 820. The summed E-state index contributed by atoms with van der Waals surface area (Å²) in [5.74, 6) is 0.800. The molecule has 3 fully saturated rings. The predicted molar refractivity (Wildman–Crippen MR) is 117 cm³/mol. The van der Waals surface area contributed by atoms with Gasteiger partial charge in [0.2, 0.25) is 10.0 Å². The first kappa shape index (κ1) is 21.8. The highest BCUT2D eigenvalue weighted by atomic mass is 32.2. The van der Waals surface area contributed by atoms with Crippen LogP contribution in [0.25, 0.3) is 0 Å². The van der Waals surface area contributed by atoms with Crippen LogP contribution in [0.1, 0.15) is 63.4 Å². The fourth-order valence-electron chi connectivity index (χ4n) is 5.33. The average molecular weight is 435 g/mol. The Morgan fingerprint density at radius 1 is 0.933 bits per heavy atom. The summed E-state index contributed by atoms with van der Waals surface area (Å²) in [6.07, 6.45) is 8.49. The summed E-state index contributed by atoms with van der Waals surface area (Å²) in [4.78, 5) is 16.2. The number of likely N-dealkylation sites (tertiary alicyclic amines) is 1. The largest absolute Gasteiger partial charge is 0.338 e. The second kappa shape index (κ2) is 9.37. The smallest absolute Gasteiger partial charge is 0.280 e. The van der Waals surface area contributed by atoms with Crippen LogP contribution in [0.4, 0.5) is 0 Å². The minimum Gasteiger partial charge on any atom is -0.338 e. The highest BCUT2D eigenvalue weighted by Crippen LogP contribution is 2.33. The van der Waals surface area contributed by atoms with Gasteiger partial charge in [-0.05, 0) is 56.2 Å².